The Morgan fingerprint density at radius 3 is 2.34 bits per heavy atom. The maximum absolute atomic E-state index is 12.1. The Labute approximate surface area is 204 Å². The Bertz CT molecular complexity index is 1480. The van der Waals surface area contributed by atoms with Gasteiger partial charge in [-0.25, -0.2) is 9.97 Å². The molecule has 0 aliphatic rings. The van der Waals surface area contributed by atoms with Gasteiger partial charge in [-0.2, -0.15) is 0 Å². The van der Waals surface area contributed by atoms with E-state index in [1.54, 1.807) is 0 Å². The van der Waals surface area contributed by atoms with Gasteiger partial charge in [-0.05, 0) is 24.1 Å². The van der Waals surface area contributed by atoms with Crippen LogP contribution in [0.1, 0.15) is 47.9 Å². The van der Waals surface area contributed by atoms with Gasteiger partial charge in [0.2, 0.25) is 5.88 Å². The molecule has 6 nitrogen and oxygen atoms in total. The third-order valence-electron chi connectivity index (χ3n) is 5.96. The van der Waals surface area contributed by atoms with Crippen molar-refractivity contribution in [2.45, 2.75) is 40.0 Å². The smallest absolute Gasteiger partial charge is 0.309 e. The number of aromatic nitrogens is 3. The topological polar surface area (TPSA) is 69.6 Å². The van der Waals surface area contributed by atoms with Crippen molar-refractivity contribution >= 4 is 11.6 Å². The third kappa shape index (κ3) is 4.73. The maximum Gasteiger partial charge on any atom is 0.309 e. The predicted octanol–water partition coefficient (Wildman–Crippen LogP) is 5.97. The zero-order valence-electron chi connectivity index (χ0n) is 20.1. The van der Waals surface area contributed by atoms with Crippen molar-refractivity contribution in [3.05, 3.63) is 107 Å². The summed E-state index contributed by atoms with van der Waals surface area (Å²) in [4.78, 5) is 22.0. The average Bonchev–Trinajstić information content (AvgIpc) is 3.39. The summed E-state index contributed by atoms with van der Waals surface area (Å²) >= 11 is 0. The number of aryl methyl sites for hydroxylation is 2. The van der Waals surface area contributed by atoms with E-state index < -0.39 is 5.97 Å². The van der Waals surface area contributed by atoms with E-state index in [2.05, 4.69) is 19.1 Å². The van der Waals surface area contributed by atoms with Gasteiger partial charge < -0.3 is 9.15 Å². The molecule has 3 aromatic heterocycles. The summed E-state index contributed by atoms with van der Waals surface area (Å²) in [5.41, 5.74) is 6.10. The van der Waals surface area contributed by atoms with Crippen LogP contribution in [0.25, 0.3) is 16.9 Å². The first-order chi connectivity index (χ1) is 17.0. The molecule has 0 amide bonds. The van der Waals surface area contributed by atoms with Gasteiger partial charge in [-0.3, -0.25) is 9.20 Å². The van der Waals surface area contributed by atoms with Crippen LogP contribution in [0.4, 0.5) is 0 Å². The van der Waals surface area contributed by atoms with E-state index in [-0.39, 0.29) is 0 Å². The zero-order valence-corrected chi connectivity index (χ0v) is 20.1. The van der Waals surface area contributed by atoms with Crippen LogP contribution in [0, 0.1) is 6.92 Å². The van der Waals surface area contributed by atoms with Gasteiger partial charge in [-0.15, -0.1) is 0 Å². The van der Waals surface area contributed by atoms with Crippen molar-refractivity contribution in [3.63, 3.8) is 0 Å². The summed E-state index contributed by atoms with van der Waals surface area (Å²) in [6, 6.07) is 22.2. The molecule has 5 rings (SSSR count). The third-order valence-corrected chi connectivity index (χ3v) is 5.96. The van der Waals surface area contributed by atoms with Gasteiger partial charge in [0.15, 0.2) is 5.65 Å². The largest absolute Gasteiger partial charge is 0.465 e. The molecule has 0 spiro atoms. The van der Waals surface area contributed by atoms with Crippen molar-refractivity contribution in [1.82, 2.24) is 14.4 Å². The van der Waals surface area contributed by atoms with Gasteiger partial charge in [0.1, 0.15) is 17.2 Å². The number of benzene rings is 2. The number of esters is 1. The number of hydrogen-bond acceptors (Lipinski definition) is 5. The number of nitrogens with zero attached hydrogens (tertiary/aromatic N) is 3. The second-order valence-corrected chi connectivity index (χ2v) is 8.60. The number of hydrogen-bond donors (Lipinski definition) is 0. The maximum atomic E-state index is 12.1. The first kappa shape index (κ1) is 22.6. The van der Waals surface area contributed by atoms with Crippen molar-refractivity contribution in [2.75, 3.05) is 0 Å². The van der Waals surface area contributed by atoms with Crippen molar-refractivity contribution in [3.8, 4) is 17.1 Å². The van der Waals surface area contributed by atoms with E-state index in [4.69, 9.17) is 19.1 Å². The summed E-state index contributed by atoms with van der Waals surface area (Å²) in [7, 11) is 0. The molecule has 0 saturated carbocycles. The molecule has 3 heterocycles. The van der Waals surface area contributed by atoms with Crippen molar-refractivity contribution < 1.29 is 13.9 Å². The highest BCUT2D eigenvalue weighted by atomic mass is 16.5. The lowest BCUT2D eigenvalue weighted by Gasteiger charge is -2.10. The van der Waals surface area contributed by atoms with Crippen LogP contribution < -0.4 is 4.74 Å². The molecule has 0 saturated heterocycles. The first-order valence-corrected chi connectivity index (χ1v) is 11.8. The van der Waals surface area contributed by atoms with Crippen LogP contribution >= 0.6 is 0 Å². The molecule has 0 fully saturated rings. The Hall–Kier alpha value is -4.19. The van der Waals surface area contributed by atoms with Gasteiger partial charge in [0, 0.05) is 31.5 Å². The zero-order chi connectivity index (χ0) is 24.4. The number of carbonyl (C=O) groups excluding carboxylic acids is 1. The highest BCUT2D eigenvalue weighted by Crippen LogP contribution is 2.30. The summed E-state index contributed by atoms with van der Waals surface area (Å²) in [5.74, 6) is 1.74. The minimum atomic E-state index is -0.402. The Morgan fingerprint density at radius 2 is 1.69 bits per heavy atom. The molecule has 5 aromatic rings. The number of rotatable bonds is 7. The summed E-state index contributed by atoms with van der Waals surface area (Å²) in [6.07, 6.45) is 3.72. The van der Waals surface area contributed by atoms with E-state index in [1.165, 1.54) is 6.92 Å². The Morgan fingerprint density at radius 1 is 0.971 bits per heavy atom. The highest BCUT2D eigenvalue weighted by Gasteiger charge is 2.22. The lowest BCUT2D eigenvalue weighted by atomic mass is 10.1. The van der Waals surface area contributed by atoms with E-state index in [1.807, 2.05) is 72.1 Å². The lowest BCUT2D eigenvalue weighted by molar-refractivity contribution is -0.132. The quantitative estimate of drug-likeness (QED) is 0.277. The molecule has 0 atom stereocenters. The van der Waals surface area contributed by atoms with Crippen molar-refractivity contribution in [1.29, 1.82) is 0 Å². The van der Waals surface area contributed by atoms with Crippen LogP contribution in [0.3, 0.4) is 0 Å². The minimum absolute atomic E-state index is 0.397. The van der Waals surface area contributed by atoms with Gasteiger partial charge >= 0.3 is 5.97 Å². The monoisotopic (exact) mass is 465 g/mol. The molecule has 176 valence electrons. The molecule has 0 bridgehead atoms. The molecular weight excluding hydrogens is 438 g/mol. The Kier molecular flexibility index (Phi) is 6.19. The minimum Gasteiger partial charge on any atom is -0.465 e. The number of fused-ring (bicyclic) bond motifs is 1. The van der Waals surface area contributed by atoms with Crippen LogP contribution in [-0.4, -0.2) is 20.3 Å². The second-order valence-electron chi connectivity index (χ2n) is 8.60. The first-order valence-electron chi connectivity index (χ1n) is 11.8. The molecule has 0 aliphatic heterocycles. The van der Waals surface area contributed by atoms with Gasteiger partial charge in [0.25, 0.3) is 0 Å². The van der Waals surface area contributed by atoms with Crippen molar-refractivity contribution in [2.24, 2.45) is 0 Å². The molecule has 0 aliphatic carbocycles. The van der Waals surface area contributed by atoms with Gasteiger partial charge in [-0.1, -0.05) is 67.6 Å². The fourth-order valence-corrected chi connectivity index (χ4v) is 4.34. The fourth-order valence-electron chi connectivity index (χ4n) is 4.34. The standard InChI is InChI=1S/C29H27N3O3/c1-4-27-19(2)15-23(35-27)17-25-29(34-20(3)33)32-18-26(22-13-9-6-10-14-22)30-24(28(32)31-25)16-21-11-7-5-8-12-21/h5-15,18H,4,16-17H2,1-3H3. The van der Waals surface area contributed by atoms with E-state index >= 15 is 0 Å². The molecule has 0 unspecified atom stereocenters. The van der Waals surface area contributed by atoms with E-state index in [0.717, 1.165) is 46.0 Å². The highest BCUT2D eigenvalue weighted by molar-refractivity contribution is 5.70. The van der Waals surface area contributed by atoms with Crippen LogP contribution in [0.2, 0.25) is 0 Å². The average molecular weight is 466 g/mol. The molecule has 0 N–H and O–H groups in total. The number of furan rings is 1. The van der Waals surface area contributed by atoms with Crippen LogP contribution in [0.5, 0.6) is 5.88 Å². The summed E-state index contributed by atoms with van der Waals surface area (Å²) in [6.45, 7) is 5.51. The molecular formula is C29H27N3O3. The van der Waals surface area contributed by atoms with E-state index in [0.29, 0.717) is 30.1 Å². The van der Waals surface area contributed by atoms with Crippen LogP contribution in [0.15, 0.2) is 77.3 Å². The molecule has 6 heteroatoms. The molecule has 2 aromatic carbocycles. The number of imidazole rings is 1. The molecule has 0 radical (unpaired) electrons. The predicted molar refractivity (Wildman–Crippen MR) is 135 cm³/mol. The fraction of sp³-hybridized carbons (Fsp3) is 0.207. The number of ether oxygens (including phenoxy) is 1. The van der Waals surface area contributed by atoms with E-state index in [9.17, 15) is 4.79 Å². The molecule has 35 heavy (non-hydrogen) atoms. The number of carbonyl (C=O) groups is 1. The normalized spacial score (nSPS) is 11.2. The summed E-state index contributed by atoms with van der Waals surface area (Å²) < 4.78 is 13.6. The SMILES string of the molecule is CCc1oc(Cc2nc3c(Cc4ccccc4)nc(-c4ccccc4)cn3c2OC(C)=O)cc1C. The van der Waals surface area contributed by atoms with Crippen LogP contribution in [-0.2, 0) is 24.1 Å². The summed E-state index contributed by atoms with van der Waals surface area (Å²) in [5, 5.41) is 0. The second kappa shape index (κ2) is 9.58. The lowest BCUT2D eigenvalue weighted by Crippen LogP contribution is -2.07. The van der Waals surface area contributed by atoms with Gasteiger partial charge in [0.05, 0.1) is 17.8 Å². The Balaban J connectivity index is 1.69.